The van der Waals surface area contributed by atoms with Crippen molar-refractivity contribution in [2.24, 2.45) is 11.3 Å². The van der Waals surface area contributed by atoms with Gasteiger partial charge in [0.15, 0.2) is 0 Å². The first-order chi connectivity index (χ1) is 8.24. The molecule has 3 heteroatoms. The van der Waals surface area contributed by atoms with Crippen molar-refractivity contribution in [2.45, 2.75) is 66.5 Å². The van der Waals surface area contributed by atoms with Crippen molar-refractivity contribution in [1.29, 1.82) is 0 Å². The predicted octanol–water partition coefficient (Wildman–Crippen LogP) is 2.66. The summed E-state index contributed by atoms with van der Waals surface area (Å²) in [5.41, 5.74) is -0.290. The van der Waals surface area contributed by atoms with E-state index in [0.717, 1.165) is 19.5 Å². The fraction of sp³-hybridized carbons (Fsp3) is 0.933. The lowest BCUT2D eigenvalue weighted by Crippen LogP contribution is -2.54. The Morgan fingerprint density at radius 2 is 2.00 bits per heavy atom. The molecule has 3 nitrogen and oxygen atoms in total. The lowest BCUT2D eigenvalue weighted by molar-refractivity contribution is -0.129. The number of hydrogen-bond donors (Lipinski definition) is 1. The zero-order valence-electron chi connectivity index (χ0n) is 12.9. The lowest BCUT2D eigenvalue weighted by Gasteiger charge is -2.40. The molecule has 0 aromatic rings. The quantitative estimate of drug-likeness (QED) is 0.840. The van der Waals surface area contributed by atoms with Crippen LogP contribution in [0.15, 0.2) is 0 Å². The highest BCUT2D eigenvalue weighted by molar-refractivity contribution is 5.81. The molecule has 1 N–H and O–H groups in total. The summed E-state index contributed by atoms with van der Waals surface area (Å²) in [7, 11) is 0. The summed E-state index contributed by atoms with van der Waals surface area (Å²) in [4.78, 5) is 14.6. The molecule has 1 amide bonds. The van der Waals surface area contributed by atoms with Crippen LogP contribution in [-0.4, -0.2) is 36.0 Å². The van der Waals surface area contributed by atoms with Crippen LogP contribution in [0, 0.1) is 11.3 Å². The third-order valence-electron chi connectivity index (χ3n) is 3.92. The van der Waals surface area contributed by atoms with Gasteiger partial charge in [0.2, 0.25) is 5.91 Å². The molecule has 0 aromatic carbocycles. The Kier molecular flexibility index (Phi) is 5.20. The molecule has 18 heavy (non-hydrogen) atoms. The molecule has 0 saturated carbocycles. The summed E-state index contributed by atoms with van der Waals surface area (Å²) < 4.78 is 0. The Hall–Kier alpha value is -0.570. The Bertz CT molecular complexity index is 283. The van der Waals surface area contributed by atoms with E-state index in [9.17, 15) is 4.79 Å². The van der Waals surface area contributed by atoms with Crippen LogP contribution in [0.3, 0.4) is 0 Å². The Labute approximate surface area is 112 Å². The summed E-state index contributed by atoms with van der Waals surface area (Å²) in [6.07, 6.45) is 2.28. The van der Waals surface area contributed by atoms with E-state index in [-0.39, 0.29) is 11.3 Å². The summed E-state index contributed by atoms with van der Waals surface area (Å²) in [6, 6.07) is 0.927. The Morgan fingerprint density at radius 3 is 2.50 bits per heavy atom. The van der Waals surface area contributed by atoms with Gasteiger partial charge in [0, 0.05) is 30.6 Å². The molecule has 3 atom stereocenters. The fourth-order valence-corrected chi connectivity index (χ4v) is 2.52. The van der Waals surface area contributed by atoms with Gasteiger partial charge >= 0.3 is 0 Å². The van der Waals surface area contributed by atoms with Crippen LogP contribution in [-0.2, 0) is 4.79 Å². The topological polar surface area (TPSA) is 32.3 Å². The van der Waals surface area contributed by atoms with Crippen molar-refractivity contribution in [3.8, 4) is 0 Å². The summed E-state index contributed by atoms with van der Waals surface area (Å²) >= 11 is 0. The van der Waals surface area contributed by atoms with Crippen LogP contribution in [0.25, 0.3) is 0 Å². The smallest absolute Gasteiger partial charge is 0.225 e. The Balaban J connectivity index is 2.58. The molecule has 0 radical (unpaired) electrons. The van der Waals surface area contributed by atoms with Crippen LogP contribution in [0.1, 0.15) is 54.4 Å². The average molecular weight is 254 g/mol. The van der Waals surface area contributed by atoms with Crippen molar-refractivity contribution in [1.82, 2.24) is 10.2 Å². The van der Waals surface area contributed by atoms with E-state index in [4.69, 9.17) is 0 Å². The third kappa shape index (κ3) is 4.27. The number of carbonyl (C=O) groups is 1. The van der Waals surface area contributed by atoms with Gasteiger partial charge in [-0.1, -0.05) is 34.6 Å². The number of piperidine rings is 1. The summed E-state index contributed by atoms with van der Waals surface area (Å²) in [6.45, 7) is 14.9. The van der Waals surface area contributed by atoms with E-state index < -0.39 is 0 Å². The van der Waals surface area contributed by atoms with Crippen molar-refractivity contribution < 1.29 is 4.79 Å². The highest BCUT2D eigenvalue weighted by Gasteiger charge is 2.30. The van der Waals surface area contributed by atoms with Gasteiger partial charge < -0.3 is 5.32 Å². The second kappa shape index (κ2) is 6.05. The minimum Gasteiger partial charge on any atom is -0.352 e. The van der Waals surface area contributed by atoms with Crippen molar-refractivity contribution in [3.63, 3.8) is 0 Å². The van der Waals surface area contributed by atoms with Crippen LogP contribution >= 0.6 is 0 Å². The number of nitrogens with one attached hydrogen (secondary N) is 1. The van der Waals surface area contributed by atoms with Crippen LogP contribution in [0.5, 0.6) is 0 Å². The molecule has 1 aliphatic rings. The number of rotatable bonds is 3. The number of nitrogens with zero attached hydrogens (tertiary/aromatic N) is 1. The first kappa shape index (κ1) is 15.5. The van der Waals surface area contributed by atoms with E-state index in [1.54, 1.807) is 0 Å². The van der Waals surface area contributed by atoms with Gasteiger partial charge in [0.1, 0.15) is 0 Å². The van der Waals surface area contributed by atoms with Gasteiger partial charge in [-0.05, 0) is 25.7 Å². The highest BCUT2D eigenvalue weighted by atomic mass is 16.2. The first-order valence-corrected chi connectivity index (χ1v) is 7.29. The molecule has 0 aromatic heterocycles. The maximum Gasteiger partial charge on any atom is 0.225 e. The molecular weight excluding hydrogens is 224 g/mol. The van der Waals surface area contributed by atoms with E-state index >= 15 is 0 Å². The van der Waals surface area contributed by atoms with E-state index in [1.807, 2.05) is 20.8 Å². The average Bonchev–Trinajstić information content (AvgIpc) is 2.25. The highest BCUT2D eigenvalue weighted by Crippen LogP contribution is 2.21. The fourth-order valence-electron chi connectivity index (χ4n) is 2.52. The normalized spacial score (nSPS) is 27.9. The van der Waals surface area contributed by atoms with Crippen molar-refractivity contribution in [3.05, 3.63) is 0 Å². The molecular formula is C15H30N2O. The van der Waals surface area contributed by atoms with Crippen LogP contribution in [0.4, 0.5) is 0 Å². The van der Waals surface area contributed by atoms with Gasteiger partial charge in [0.05, 0.1) is 0 Å². The minimum absolute atomic E-state index is 0.172. The van der Waals surface area contributed by atoms with E-state index in [0.29, 0.717) is 18.0 Å². The second-order valence-electron chi connectivity index (χ2n) is 6.97. The SMILES string of the molecule is CCC(C)N1CC(C)CC(NC(=O)C(C)(C)C)C1. The van der Waals surface area contributed by atoms with Gasteiger partial charge in [-0.15, -0.1) is 0 Å². The number of hydrogen-bond acceptors (Lipinski definition) is 2. The third-order valence-corrected chi connectivity index (χ3v) is 3.92. The number of likely N-dealkylation sites (tertiary alicyclic amines) is 1. The Morgan fingerprint density at radius 1 is 1.39 bits per heavy atom. The van der Waals surface area contributed by atoms with Gasteiger partial charge in [-0.3, -0.25) is 9.69 Å². The molecule has 1 aliphatic heterocycles. The van der Waals surface area contributed by atoms with Crippen LogP contribution in [0.2, 0.25) is 0 Å². The molecule has 1 fully saturated rings. The maximum absolute atomic E-state index is 12.1. The lowest BCUT2D eigenvalue weighted by atomic mass is 9.91. The molecule has 106 valence electrons. The zero-order valence-corrected chi connectivity index (χ0v) is 12.9. The standard InChI is InChI=1S/C15H30N2O/c1-7-12(3)17-9-11(2)8-13(10-17)16-14(18)15(4,5)6/h11-13H,7-10H2,1-6H3,(H,16,18). The largest absolute Gasteiger partial charge is 0.352 e. The van der Waals surface area contributed by atoms with Gasteiger partial charge in [0.25, 0.3) is 0 Å². The molecule has 3 unspecified atom stereocenters. The number of amides is 1. The minimum atomic E-state index is -0.290. The van der Waals surface area contributed by atoms with E-state index in [1.165, 1.54) is 6.42 Å². The summed E-state index contributed by atoms with van der Waals surface area (Å²) in [5, 5.41) is 3.22. The molecule has 0 bridgehead atoms. The molecule has 1 saturated heterocycles. The second-order valence-corrected chi connectivity index (χ2v) is 6.97. The number of carbonyl (C=O) groups excluding carboxylic acids is 1. The predicted molar refractivity (Wildman–Crippen MR) is 76.5 cm³/mol. The van der Waals surface area contributed by atoms with Crippen molar-refractivity contribution in [2.75, 3.05) is 13.1 Å². The monoisotopic (exact) mass is 254 g/mol. The maximum atomic E-state index is 12.1. The van der Waals surface area contributed by atoms with Crippen LogP contribution < -0.4 is 5.32 Å². The van der Waals surface area contributed by atoms with Gasteiger partial charge in [-0.25, -0.2) is 0 Å². The van der Waals surface area contributed by atoms with Crippen molar-refractivity contribution >= 4 is 5.91 Å². The molecule has 1 heterocycles. The first-order valence-electron chi connectivity index (χ1n) is 7.29. The molecule has 1 rings (SSSR count). The van der Waals surface area contributed by atoms with E-state index in [2.05, 4.69) is 31.0 Å². The molecule has 0 spiro atoms. The van der Waals surface area contributed by atoms with Gasteiger partial charge in [-0.2, -0.15) is 0 Å². The zero-order chi connectivity index (χ0) is 13.9. The summed E-state index contributed by atoms with van der Waals surface area (Å²) in [5.74, 6) is 0.837. The molecule has 0 aliphatic carbocycles.